The fourth-order valence-electron chi connectivity index (χ4n) is 1.66. The lowest BCUT2D eigenvalue weighted by atomic mass is 10.1. The topological polar surface area (TPSA) is 40.5 Å². The van der Waals surface area contributed by atoms with Gasteiger partial charge in [0.05, 0.1) is 0 Å². The third-order valence-corrected chi connectivity index (χ3v) is 3.22. The Balaban J connectivity index is 2.95. The van der Waals surface area contributed by atoms with Gasteiger partial charge in [0.25, 0.3) is 0 Å². The monoisotopic (exact) mass is 265 g/mol. The smallest absolute Gasteiger partial charge is 0.246 e. The number of phenolic OH excluding ortho intramolecular Hbond substituents is 1. The SMILES string of the molecule is CCN(CC)C(=O)C=C(C)c1ccc(S)c(O)c1. The summed E-state index contributed by atoms with van der Waals surface area (Å²) in [4.78, 5) is 14.2. The predicted molar refractivity (Wildman–Crippen MR) is 76.9 cm³/mol. The highest BCUT2D eigenvalue weighted by Gasteiger charge is 2.08. The number of amides is 1. The van der Waals surface area contributed by atoms with Crippen molar-refractivity contribution in [3.63, 3.8) is 0 Å². The summed E-state index contributed by atoms with van der Waals surface area (Å²) >= 11 is 4.10. The van der Waals surface area contributed by atoms with Crippen molar-refractivity contribution >= 4 is 24.1 Å². The average Bonchev–Trinajstić information content (AvgIpc) is 2.34. The van der Waals surface area contributed by atoms with E-state index in [1.54, 1.807) is 23.1 Å². The molecule has 18 heavy (non-hydrogen) atoms. The van der Waals surface area contributed by atoms with Crippen LogP contribution in [0.3, 0.4) is 0 Å². The van der Waals surface area contributed by atoms with Gasteiger partial charge < -0.3 is 10.0 Å². The normalized spacial score (nSPS) is 11.4. The second-order valence-electron chi connectivity index (χ2n) is 4.04. The molecular formula is C14H19NO2S. The van der Waals surface area contributed by atoms with Crippen LogP contribution in [0, 0.1) is 0 Å². The minimum absolute atomic E-state index is 0.00746. The van der Waals surface area contributed by atoms with Crippen LogP contribution in [-0.2, 0) is 4.79 Å². The van der Waals surface area contributed by atoms with Gasteiger partial charge in [0, 0.05) is 24.1 Å². The Morgan fingerprint density at radius 3 is 2.50 bits per heavy atom. The maximum Gasteiger partial charge on any atom is 0.246 e. The second kappa shape index (κ2) is 6.50. The number of thiol groups is 1. The van der Waals surface area contributed by atoms with Crippen LogP contribution >= 0.6 is 12.6 Å². The first-order chi connectivity index (χ1) is 8.49. The first kappa shape index (κ1) is 14.6. The molecule has 1 aromatic carbocycles. The molecule has 0 saturated carbocycles. The highest BCUT2D eigenvalue weighted by molar-refractivity contribution is 7.80. The zero-order valence-corrected chi connectivity index (χ0v) is 11.9. The summed E-state index contributed by atoms with van der Waals surface area (Å²) < 4.78 is 0. The van der Waals surface area contributed by atoms with Crippen molar-refractivity contribution in [1.82, 2.24) is 4.90 Å². The number of likely N-dealkylation sites (N-methyl/N-ethyl adjacent to an activating group) is 1. The van der Waals surface area contributed by atoms with Gasteiger partial charge in [-0.05, 0) is 44.0 Å². The van der Waals surface area contributed by atoms with Gasteiger partial charge in [0.1, 0.15) is 5.75 Å². The summed E-state index contributed by atoms with van der Waals surface area (Å²) in [6, 6.07) is 5.17. The van der Waals surface area contributed by atoms with Crippen molar-refractivity contribution in [2.75, 3.05) is 13.1 Å². The minimum atomic E-state index is -0.00746. The molecule has 0 saturated heterocycles. The van der Waals surface area contributed by atoms with Gasteiger partial charge in [-0.25, -0.2) is 0 Å². The molecule has 0 aliphatic carbocycles. The number of carbonyl (C=O) groups is 1. The molecule has 1 rings (SSSR count). The van der Waals surface area contributed by atoms with Gasteiger partial charge in [0.15, 0.2) is 0 Å². The molecule has 3 nitrogen and oxygen atoms in total. The first-order valence-corrected chi connectivity index (χ1v) is 6.43. The molecular weight excluding hydrogens is 246 g/mol. The quantitative estimate of drug-likeness (QED) is 0.649. The van der Waals surface area contributed by atoms with E-state index in [2.05, 4.69) is 12.6 Å². The van der Waals surface area contributed by atoms with Crippen molar-refractivity contribution in [3.8, 4) is 5.75 Å². The fourth-order valence-corrected chi connectivity index (χ4v) is 1.80. The molecule has 0 unspecified atom stereocenters. The Kier molecular flexibility index (Phi) is 5.28. The van der Waals surface area contributed by atoms with Crippen molar-refractivity contribution in [3.05, 3.63) is 29.8 Å². The highest BCUT2D eigenvalue weighted by Crippen LogP contribution is 2.25. The number of rotatable bonds is 4. The third kappa shape index (κ3) is 3.53. The molecule has 0 fully saturated rings. The van der Waals surface area contributed by atoms with Gasteiger partial charge in [-0.3, -0.25) is 4.79 Å². The Hall–Kier alpha value is -1.42. The van der Waals surface area contributed by atoms with Crippen molar-refractivity contribution < 1.29 is 9.90 Å². The molecule has 0 spiro atoms. The van der Waals surface area contributed by atoms with E-state index in [9.17, 15) is 9.90 Å². The number of benzene rings is 1. The molecule has 98 valence electrons. The average molecular weight is 265 g/mol. The Morgan fingerprint density at radius 1 is 1.39 bits per heavy atom. The van der Waals surface area contributed by atoms with Crippen LogP contribution in [0.5, 0.6) is 5.75 Å². The number of hydrogen-bond acceptors (Lipinski definition) is 3. The number of aromatic hydroxyl groups is 1. The van der Waals surface area contributed by atoms with Crippen LogP contribution in [0.2, 0.25) is 0 Å². The van der Waals surface area contributed by atoms with E-state index in [1.165, 1.54) is 0 Å². The van der Waals surface area contributed by atoms with Crippen LogP contribution in [0.4, 0.5) is 0 Å². The van der Waals surface area contributed by atoms with E-state index in [-0.39, 0.29) is 11.7 Å². The minimum Gasteiger partial charge on any atom is -0.507 e. The van der Waals surface area contributed by atoms with E-state index in [4.69, 9.17) is 0 Å². The number of allylic oxidation sites excluding steroid dienone is 1. The summed E-state index contributed by atoms with van der Waals surface area (Å²) in [5.74, 6) is 0.116. The van der Waals surface area contributed by atoms with Crippen LogP contribution in [0.15, 0.2) is 29.2 Å². The predicted octanol–water partition coefficient (Wildman–Crippen LogP) is 2.95. The van der Waals surface area contributed by atoms with Gasteiger partial charge in [-0.1, -0.05) is 6.07 Å². The summed E-state index contributed by atoms with van der Waals surface area (Å²) in [7, 11) is 0. The molecule has 4 heteroatoms. The van der Waals surface area contributed by atoms with E-state index in [1.807, 2.05) is 26.8 Å². The third-order valence-electron chi connectivity index (χ3n) is 2.85. The molecule has 1 aromatic rings. The van der Waals surface area contributed by atoms with E-state index in [0.29, 0.717) is 18.0 Å². The van der Waals surface area contributed by atoms with Crippen LogP contribution < -0.4 is 0 Å². The second-order valence-corrected chi connectivity index (χ2v) is 4.52. The molecule has 0 aliphatic heterocycles. The van der Waals surface area contributed by atoms with E-state index in [0.717, 1.165) is 11.1 Å². The van der Waals surface area contributed by atoms with Crippen molar-refractivity contribution in [1.29, 1.82) is 0 Å². The Bertz CT molecular complexity index is 465. The summed E-state index contributed by atoms with van der Waals surface area (Å²) in [6.45, 7) is 7.15. The van der Waals surface area contributed by atoms with Crippen LogP contribution in [-0.4, -0.2) is 29.0 Å². The molecule has 0 radical (unpaired) electrons. The fraction of sp³-hybridized carbons (Fsp3) is 0.357. The maximum atomic E-state index is 11.9. The maximum absolute atomic E-state index is 11.9. The molecule has 0 aromatic heterocycles. The molecule has 0 aliphatic rings. The largest absolute Gasteiger partial charge is 0.507 e. The van der Waals surface area contributed by atoms with Crippen molar-refractivity contribution in [2.24, 2.45) is 0 Å². The lowest BCUT2D eigenvalue weighted by Gasteiger charge is -2.16. The van der Waals surface area contributed by atoms with Gasteiger partial charge in [-0.2, -0.15) is 0 Å². The number of carbonyl (C=O) groups excluding carboxylic acids is 1. The van der Waals surface area contributed by atoms with Crippen molar-refractivity contribution in [2.45, 2.75) is 25.7 Å². The number of nitrogens with zero attached hydrogens (tertiary/aromatic N) is 1. The highest BCUT2D eigenvalue weighted by atomic mass is 32.1. The standard InChI is InChI=1S/C14H19NO2S/c1-4-15(5-2)14(17)8-10(3)11-6-7-13(18)12(16)9-11/h6-9,16,18H,4-5H2,1-3H3. The Morgan fingerprint density at radius 2 is 2.00 bits per heavy atom. The van der Waals surface area contributed by atoms with Crippen LogP contribution in [0.1, 0.15) is 26.3 Å². The zero-order valence-electron chi connectivity index (χ0n) is 11.0. The molecule has 1 amide bonds. The van der Waals surface area contributed by atoms with Gasteiger partial charge >= 0.3 is 0 Å². The summed E-state index contributed by atoms with van der Waals surface area (Å²) in [6.07, 6.45) is 1.60. The van der Waals surface area contributed by atoms with Crippen LogP contribution in [0.25, 0.3) is 5.57 Å². The van der Waals surface area contributed by atoms with E-state index >= 15 is 0 Å². The van der Waals surface area contributed by atoms with Gasteiger partial charge in [-0.15, -0.1) is 12.6 Å². The zero-order chi connectivity index (χ0) is 13.7. The summed E-state index contributed by atoms with van der Waals surface area (Å²) in [5.41, 5.74) is 1.65. The molecule has 0 atom stereocenters. The first-order valence-electron chi connectivity index (χ1n) is 5.99. The molecule has 1 N–H and O–H groups in total. The number of phenols is 1. The van der Waals surface area contributed by atoms with E-state index < -0.39 is 0 Å². The molecule has 0 bridgehead atoms. The van der Waals surface area contributed by atoms with Gasteiger partial charge in [0.2, 0.25) is 5.91 Å². The lowest BCUT2D eigenvalue weighted by Crippen LogP contribution is -2.28. The summed E-state index contributed by atoms with van der Waals surface area (Å²) in [5, 5.41) is 9.59. The Labute approximate surface area is 114 Å². The molecule has 0 heterocycles. The lowest BCUT2D eigenvalue weighted by molar-refractivity contribution is -0.125. The number of hydrogen-bond donors (Lipinski definition) is 2.